The van der Waals surface area contributed by atoms with Gasteiger partial charge in [0.15, 0.2) is 0 Å². The van der Waals surface area contributed by atoms with E-state index in [1.807, 2.05) is 0 Å². The Morgan fingerprint density at radius 1 is 1.21 bits per heavy atom. The van der Waals surface area contributed by atoms with E-state index >= 15 is 0 Å². The number of hydrogen-bond acceptors (Lipinski definition) is 4. The molecule has 156 valence electrons. The molecule has 2 fully saturated rings. The number of ether oxygens (including phenoxy) is 2. The first-order chi connectivity index (χ1) is 13.2. The maximum absolute atomic E-state index is 12.0. The highest BCUT2D eigenvalue weighted by Gasteiger charge is 2.55. The number of carbonyl (C=O) groups excluding carboxylic acids is 2. The van der Waals surface area contributed by atoms with Crippen LogP contribution in [0.5, 0.6) is 0 Å². The van der Waals surface area contributed by atoms with Crippen molar-refractivity contribution in [1.29, 1.82) is 0 Å². The smallest absolute Gasteiger partial charge is 0.317 e. The lowest BCUT2D eigenvalue weighted by Crippen LogP contribution is -2.51. The molecule has 0 saturated heterocycles. The van der Waals surface area contributed by atoms with Gasteiger partial charge in [0.2, 0.25) is 0 Å². The molecule has 28 heavy (non-hydrogen) atoms. The summed E-state index contributed by atoms with van der Waals surface area (Å²) in [7, 11) is 1.29. The van der Waals surface area contributed by atoms with Gasteiger partial charge in [-0.05, 0) is 61.2 Å². The number of carbonyl (C=O) groups is 2. The van der Waals surface area contributed by atoms with Gasteiger partial charge in [-0.25, -0.2) is 0 Å². The predicted molar refractivity (Wildman–Crippen MR) is 109 cm³/mol. The summed E-state index contributed by atoms with van der Waals surface area (Å²) < 4.78 is 10.1. The Bertz CT molecular complexity index is 680. The molecule has 0 spiro atoms. The first-order valence-electron chi connectivity index (χ1n) is 10.7. The van der Waals surface area contributed by atoms with Crippen molar-refractivity contribution in [2.24, 2.45) is 28.1 Å². The molecule has 3 rings (SSSR count). The Labute approximate surface area is 169 Å². The number of esters is 2. The first kappa shape index (κ1) is 21.1. The molecule has 0 radical (unpaired) electrons. The van der Waals surface area contributed by atoms with Gasteiger partial charge < -0.3 is 9.47 Å². The van der Waals surface area contributed by atoms with Crippen LogP contribution in [0.15, 0.2) is 24.3 Å². The quantitative estimate of drug-likeness (QED) is 0.368. The van der Waals surface area contributed by atoms with Crippen molar-refractivity contribution in [3.05, 3.63) is 24.3 Å². The van der Waals surface area contributed by atoms with Gasteiger partial charge in [-0.15, -0.1) is 6.58 Å². The maximum atomic E-state index is 12.0. The van der Waals surface area contributed by atoms with E-state index in [1.54, 1.807) is 5.57 Å². The molecule has 0 unspecified atom stereocenters. The second kappa shape index (κ2) is 7.68. The number of fused-ring (bicyclic) bond motifs is 3. The third-order valence-electron chi connectivity index (χ3n) is 8.03. The van der Waals surface area contributed by atoms with Crippen LogP contribution in [0.3, 0.4) is 0 Å². The molecular weight excluding hydrogens is 352 g/mol. The van der Waals surface area contributed by atoms with Crippen LogP contribution in [0.25, 0.3) is 0 Å². The fourth-order valence-corrected chi connectivity index (χ4v) is 6.41. The molecule has 0 N–H and O–H groups in total. The van der Waals surface area contributed by atoms with Gasteiger partial charge in [0.1, 0.15) is 6.42 Å². The summed E-state index contributed by atoms with van der Waals surface area (Å²) >= 11 is 0. The second-order valence-electron chi connectivity index (χ2n) is 10.1. The zero-order valence-electron chi connectivity index (χ0n) is 18.0. The second-order valence-corrected chi connectivity index (χ2v) is 10.1. The minimum absolute atomic E-state index is 0.0379. The summed E-state index contributed by atoms with van der Waals surface area (Å²) in [6, 6.07) is 0. The van der Waals surface area contributed by atoms with Crippen LogP contribution in [0.1, 0.15) is 72.1 Å². The molecule has 0 amide bonds. The molecule has 4 heteroatoms. The highest BCUT2D eigenvalue weighted by atomic mass is 16.5. The van der Waals surface area contributed by atoms with Crippen molar-refractivity contribution in [3.8, 4) is 0 Å². The van der Waals surface area contributed by atoms with Gasteiger partial charge in [0.05, 0.1) is 13.7 Å². The van der Waals surface area contributed by atoms with Crippen molar-refractivity contribution < 1.29 is 19.1 Å². The van der Waals surface area contributed by atoms with Crippen LogP contribution < -0.4 is 0 Å². The van der Waals surface area contributed by atoms with E-state index in [9.17, 15) is 9.59 Å². The number of allylic oxidation sites excluding steroid dienone is 3. The monoisotopic (exact) mass is 388 g/mol. The van der Waals surface area contributed by atoms with Gasteiger partial charge >= 0.3 is 11.9 Å². The molecule has 3 aliphatic rings. The Balaban J connectivity index is 1.76. The number of rotatable bonds is 5. The zero-order valence-corrected chi connectivity index (χ0v) is 18.0. The van der Waals surface area contributed by atoms with Crippen LogP contribution in [0.2, 0.25) is 0 Å². The van der Waals surface area contributed by atoms with Crippen molar-refractivity contribution in [2.45, 2.75) is 72.1 Å². The topological polar surface area (TPSA) is 52.6 Å². The summed E-state index contributed by atoms with van der Waals surface area (Å²) in [6.45, 7) is 11.5. The predicted octanol–water partition coefficient (Wildman–Crippen LogP) is 5.23. The third kappa shape index (κ3) is 3.79. The van der Waals surface area contributed by atoms with Crippen LogP contribution >= 0.6 is 0 Å². The molecule has 0 aromatic carbocycles. The average molecular weight is 389 g/mol. The lowest BCUT2D eigenvalue weighted by atomic mass is 9.46. The number of hydrogen-bond donors (Lipinski definition) is 0. The standard InChI is InChI=1S/C24H36O4/c1-6-22(2)13-10-18-17(15-22)8-9-19-23(3,11-7-12-24(18,19)4)16-28-21(26)14-20(25)27-5/h6,10,17,19H,1,7-9,11-16H2,2-5H3/t17-,19-,22-,23+,24+/m1/s1. The molecule has 0 heterocycles. The highest BCUT2D eigenvalue weighted by Crippen LogP contribution is 2.63. The Hall–Kier alpha value is -1.58. The molecule has 2 saturated carbocycles. The normalized spacial score (nSPS) is 39.8. The molecule has 3 aliphatic carbocycles. The van der Waals surface area contributed by atoms with E-state index in [1.165, 1.54) is 32.8 Å². The minimum atomic E-state index is -0.540. The van der Waals surface area contributed by atoms with Crippen molar-refractivity contribution in [1.82, 2.24) is 0 Å². The fourth-order valence-electron chi connectivity index (χ4n) is 6.41. The van der Waals surface area contributed by atoms with Crippen LogP contribution in [0, 0.1) is 28.1 Å². The molecule has 0 aliphatic heterocycles. The van der Waals surface area contributed by atoms with Crippen LogP contribution in [0.4, 0.5) is 0 Å². The van der Waals surface area contributed by atoms with Gasteiger partial charge in [-0.2, -0.15) is 0 Å². The third-order valence-corrected chi connectivity index (χ3v) is 8.03. The summed E-state index contributed by atoms with van der Waals surface area (Å²) in [6.07, 6.45) is 12.5. The Morgan fingerprint density at radius 3 is 2.64 bits per heavy atom. The molecule has 5 atom stereocenters. The van der Waals surface area contributed by atoms with Gasteiger partial charge in [0.25, 0.3) is 0 Å². The number of methoxy groups -OCH3 is 1. The lowest BCUT2D eigenvalue weighted by molar-refractivity contribution is -0.159. The van der Waals surface area contributed by atoms with E-state index < -0.39 is 11.9 Å². The van der Waals surface area contributed by atoms with Gasteiger partial charge in [0, 0.05) is 5.41 Å². The Kier molecular flexibility index (Phi) is 5.80. The highest BCUT2D eigenvalue weighted by molar-refractivity contribution is 5.91. The van der Waals surface area contributed by atoms with Gasteiger partial charge in [-0.3, -0.25) is 9.59 Å². The van der Waals surface area contributed by atoms with E-state index in [0.717, 1.165) is 19.3 Å². The van der Waals surface area contributed by atoms with E-state index in [2.05, 4.69) is 44.2 Å². The van der Waals surface area contributed by atoms with E-state index in [4.69, 9.17) is 4.74 Å². The summed E-state index contributed by atoms with van der Waals surface area (Å²) in [4.78, 5) is 23.4. The average Bonchev–Trinajstić information content (AvgIpc) is 2.66. The summed E-state index contributed by atoms with van der Waals surface area (Å²) in [5.41, 5.74) is 2.02. The lowest BCUT2D eigenvalue weighted by Gasteiger charge is -2.59. The van der Waals surface area contributed by atoms with Gasteiger partial charge in [-0.1, -0.05) is 44.9 Å². The molecular formula is C24H36O4. The SMILES string of the molecule is C=C[C@]1(C)CC=C2[C@H](CC[C@@H]3[C@](C)(COC(=O)CC(=O)OC)CCC[C@@]23C)C1. The largest absolute Gasteiger partial charge is 0.469 e. The fraction of sp³-hybridized carbons (Fsp3) is 0.750. The zero-order chi connectivity index (χ0) is 20.6. The molecule has 0 bridgehead atoms. The Morgan fingerprint density at radius 2 is 1.96 bits per heavy atom. The van der Waals surface area contributed by atoms with Crippen LogP contribution in [-0.2, 0) is 19.1 Å². The first-order valence-corrected chi connectivity index (χ1v) is 10.7. The molecule has 0 aromatic heterocycles. The summed E-state index contributed by atoms with van der Waals surface area (Å²) in [5.74, 6) is 0.145. The van der Waals surface area contributed by atoms with E-state index in [0.29, 0.717) is 18.4 Å². The molecule has 4 nitrogen and oxygen atoms in total. The van der Waals surface area contributed by atoms with Crippen molar-refractivity contribution in [3.63, 3.8) is 0 Å². The van der Waals surface area contributed by atoms with Crippen molar-refractivity contribution in [2.75, 3.05) is 13.7 Å². The minimum Gasteiger partial charge on any atom is -0.469 e. The molecule has 0 aromatic rings. The van der Waals surface area contributed by atoms with Crippen molar-refractivity contribution >= 4 is 11.9 Å². The maximum Gasteiger partial charge on any atom is 0.317 e. The van der Waals surface area contributed by atoms with Crippen LogP contribution in [-0.4, -0.2) is 25.7 Å². The summed E-state index contributed by atoms with van der Waals surface area (Å²) in [5, 5.41) is 0. The van der Waals surface area contributed by atoms with E-state index in [-0.39, 0.29) is 22.7 Å².